The first-order valence-corrected chi connectivity index (χ1v) is 8.96. The van der Waals surface area contributed by atoms with Crippen molar-refractivity contribution in [2.45, 2.75) is 25.1 Å². The summed E-state index contributed by atoms with van der Waals surface area (Å²) >= 11 is 0. The van der Waals surface area contributed by atoms with Crippen LogP contribution in [0.2, 0.25) is 0 Å². The Morgan fingerprint density at radius 3 is 2.37 bits per heavy atom. The highest BCUT2D eigenvalue weighted by Gasteiger charge is 2.35. The van der Waals surface area contributed by atoms with Crippen molar-refractivity contribution in [2.75, 3.05) is 19.6 Å². The monoisotopic (exact) mass is 379 g/mol. The average Bonchev–Trinajstić information content (AvgIpc) is 3.12. The number of nitrogens with zero attached hydrogens (tertiary/aromatic N) is 1. The molecule has 27 heavy (non-hydrogen) atoms. The van der Waals surface area contributed by atoms with Crippen molar-refractivity contribution >= 4 is 5.91 Å². The van der Waals surface area contributed by atoms with E-state index in [9.17, 15) is 18.0 Å². The Morgan fingerprint density at radius 1 is 1.11 bits per heavy atom. The molecule has 3 aliphatic rings. The number of ether oxygens (including phenoxy) is 1. The zero-order valence-electron chi connectivity index (χ0n) is 14.6. The molecule has 0 radical (unpaired) electrons. The van der Waals surface area contributed by atoms with Crippen molar-refractivity contribution in [3.05, 3.63) is 47.7 Å². The van der Waals surface area contributed by atoms with Crippen LogP contribution in [-0.2, 0) is 6.18 Å². The van der Waals surface area contributed by atoms with E-state index in [0.717, 1.165) is 38.5 Å². The van der Waals surface area contributed by atoms with Crippen molar-refractivity contribution < 1.29 is 22.7 Å². The fourth-order valence-electron chi connectivity index (χ4n) is 3.78. The van der Waals surface area contributed by atoms with Crippen molar-refractivity contribution in [3.8, 4) is 11.6 Å². The third-order valence-corrected chi connectivity index (χ3v) is 5.28. The summed E-state index contributed by atoms with van der Waals surface area (Å²) in [6.07, 6.45) is -2.21. The first-order valence-electron chi connectivity index (χ1n) is 8.96. The van der Waals surface area contributed by atoms with Gasteiger partial charge in [0, 0.05) is 24.2 Å². The summed E-state index contributed by atoms with van der Waals surface area (Å²) in [5.74, 6) is 0.744. The van der Waals surface area contributed by atoms with E-state index >= 15 is 0 Å². The van der Waals surface area contributed by atoms with Gasteiger partial charge in [-0.25, -0.2) is 0 Å². The molecule has 0 saturated carbocycles. The molecule has 5 rings (SSSR count). The van der Waals surface area contributed by atoms with Crippen LogP contribution in [0.4, 0.5) is 13.2 Å². The molecule has 2 N–H and O–H groups in total. The second-order valence-corrected chi connectivity index (χ2v) is 7.08. The number of alkyl halides is 3. The maximum absolute atomic E-state index is 12.6. The number of carbonyl (C=O) groups excluding carboxylic acids is 1. The van der Waals surface area contributed by atoms with E-state index in [0.29, 0.717) is 17.2 Å². The molecular weight excluding hydrogens is 359 g/mol. The van der Waals surface area contributed by atoms with E-state index in [1.165, 1.54) is 6.07 Å². The quantitative estimate of drug-likeness (QED) is 0.853. The summed E-state index contributed by atoms with van der Waals surface area (Å²) in [7, 11) is 0. The molecule has 0 spiro atoms. The van der Waals surface area contributed by atoms with E-state index in [1.807, 2.05) is 0 Å². The number of hydrogen-bond acceptors (Lipinski definition) is 3. The van der Waals surface area contributed by atoms with Gasteiger partial charge in [0.15, 0.2) is 5.88 Å². The van der Waals surface area contributed by atoms with E-state index in [2.05, 4.69) is 15.2 Å². The van der Waals surface area contributed by atoms with Gasteiger partial charge in [0.05, 0.1) is 0 Å². The lowest BCUT2D eigenvalue weighted by molar-refractivity contribution is -0.140. The van der Waals surface area contributed by atoms with Gasteiger partial charge >= 0.3 is 6.18 Å². The molecule has 0 aliphatic carbocycles. The maximum atomic E-state index is 12.6. The number of halogens is 3. The van der Waals surface area contributed by atoms with E-state index < -0.39 is 11.9 Å². The lowest BCUT2D eigenvalue weighted by Gasteiger charge is -2.44. The minimum absolute atomic E-state index is 0.00759. The zero-order valence-corrected chi connectivity index (χ0v) is 14.6. The Bertz CT molecular complexity index is 808. The highest BCUT2D eigenvalue weighted by molar-refractivity contribution is 5.94. The predicted molar refractivity (Wildman–Crippen MR) is 92.7 cm³/mol. The van der Waals surface area contributed by atoms with Gasteiger partial charge in [-0.2, -0.15) is 13.2 Å². The van der Waals surface area contributed by atoms with E-state index in [4.69, 9.17) is 4.74 Å². The summed E-state index contributed by atoms with van der Waals surface area (Å²) < 4.78 is 43.2. The third kappa shape index (κ3) is 3.95. The van der Waals surface area contributed by atoms with Gasteiger partial charge in [-0.1, -0.05) is 0 Å². The van der Waals surface area contributed by atoms with Gasteiger partial charge in [0.1, 0.15) is 11.4 Å². The molecule has 3 aliphatic heterocycles. The van der Waals surface area contributed by atoms with Crippen molar-refractivity contribution in [1.82, 2.24) is 15.2 Å². The molecule has 8 heteroatoms. The van der Waals surface area contributed by atoms with Crippen LogP contribution in [0.15, 0.2) is 36.4 Å². The lowest BCUT2D eigenvalue weighted by Crippen LogP contribution is -2.57. The number of nitrogens with one attached hydrogen (secondary N) is 2. The molecule has 4 heterocycles. The topological polar surface area (TPSA) is 57.4 Å². The molecule has 144 valence electrons. The minimum Gasteiger partial charge on any atom is -0.441 e. The highest BCUT2D eigenvalue weighted by atomic mass is 19.4. The minimum atomic E-state index is -4.45. The normalized spacial score (nSPS) is 24.6. The average molecular weight is 379 g/mol. The number of H-pyrrole nitrogens is 1. The summed E-state index contributed by atoms with van der Waals surface area (Å²) in [5.41, 5.74) is -0.368. The Morgan fingerprint density at radius 2 is 1.81 bits per heavy atom. The van der Waals surface area contributed by atoms with Gasteiger partial charge in [-0.05, 0) is 62.2 Å². The molecular formula is C19H20F3N3O2. The van der Waals surface area contributed by atoms with Gasteiger partial charge < -0.3 is 19.9 Å². The smallest absolute Gasteiger partial charge is 0.431 e. The molecule has 1 atom stereocenters. The second-order valence-electron chi connectivity index (χ2n) is 7.08. The number of amides is 1. The van der Waals surface area contributed by atoms with Crippen molar-refractivity contribution in [2.24, 2.45) is 5.92 Å². The molecule has 0 unspecified atom stereocenters. The molecule has 5 nitrogen and oxygen atoms in total. The van der Waals surface area contributed by atoms with Crippen LogP contribution in [0.25, 0.3) is 0 Å². The summed E-state index contributed by atoms with van der Waals surface area (Å²) in [6, 6.07) is 8.68. The molecule has 3 saturated heterocycles. The van der Waals surface area contributed by atoms with Crippen molar-refractivity contribution in [3.63, 3.8) is 0 Å². The predicted octanol–water partition coefficient (Wildman–Crippen LogP) is 3.65. The second kappa shape index (κ2) is 6.92. The maximum Gasteiger partial charge on any atom is 0.431 e. The van der Waals surface area contributed by atoms with Gasteiger partial charge in [0.25, 0.3) is 5.91 Å². The number of rotatable bonds is 4. The van der Waals surface area contributed by atoms with Crippen LogP contribution in [0.5, 0.6) is 11.6 Å². The molecule has 2 aromatic rings. The van der Waals surface area contributed by atoms with Crippen LogP contribution in [0, 0.1) is 5.92 Å². The molecule has 3 fully saturated rings. The fraction of sp³-hybridized carbons (Fsp3) is 0.421. The van der Waals surface area contributed by atoms with Gasteiger partial charge in [-0.15, -0.1) is 0 Å². The highest BCUT2D eigenvalue weighted by Crippen LogP contribution is 2.31. The first-order chi connectivity index (χ1) is 12.9. The third-order valence-electron chi connectivity index (χ3n) is 5.28. The van der Waals surface area contributed by atoms with Crippen LogP contribution in [-0.4, -0.2) is 41.5 Å². The number of benzene rings is 1. The Kier molecular flexibility index (Phi) is 4.59. The molecule has 2 bridgehead atoms. The summed E-state index contributed by atoms with van der Waals surface area (Å²) in [6.45, 7) is 3.11. The fourth-order valence-corrected chi connectivity index (χ4v) is 3.78. The SMILES string of the molecule is O=C(N[C@H]1CN2CCC1CC2)c1ccc(Oc2ccc(C(F)(F)F)[nH]2)cc1. The number of piperidine rings is 3. The molecule has 1 amide bonds. The first kappa shape index (κ1) is 17.9. The van der Waals surface area contributed by atoms with Crippen LogP contribution >= 0.6 is 0 Å². The van der Waals surface area contributed by atoms with Crippen molar-refractivity contribution in [1.29, 1.82) is 0 Å². The van der Waals surface area contributed by atoms with Gasteiger partial charge in [0.2, 0.25) is 0 Å². The summed E-state index contributed by atoms with van der Waals surface area (Å²) in [4.78, 5) is 17.0. The van der Waals surface area contributed by atoms with Crippen LogP contribution in [0.1, 0.15) is 28.9 Å². The largest absolute Gasteiger partial charge is 0.441 e. The molecule has 1 aromatic heterocycles. The zero-order chi connectivity index (χ0) is 19.0. The number of fused-ring (bicyclic) bond motifs is 3. The summed E-state index contributed by atoms with van der Waals surface area (Å²) in [5, 5.41) is 3.10. The number of aromatic nitrogens is 1. The lowest BCUT2D eigenvalue weighted by atomic mass is 9.84. The number of aromatic amines is 1. The number of hydrogen-bond donors (Lipinski definition) is 2. The Balaban J connectivity index is 1.37. The van der Waals surface area contributed by atoms with E-state index in [-0.39, 0.29) is 17.8 Å². The Hall–Kier alpha value is -2.48. The van der Waals surface area contributed by atoms with Crippen LogP contribution in [0.3, 0.4) is 0 Å². The number of carbonyl (C=O) groups is 1. The van der Waals surface area contributed by atoms with Gasteiger partial charge in [-0.3, -0.25) is 4.79 Å². The Labute approximate surface area is 154 Å². The standard InChI is InChI=1S/C19H20F3N3O2/c20-19(21,22)16-5-6-17(24-16)27-14-3-1-13(2-4-14)18(26)23-15-11-25-9-7-12(15)8-10-25/h1-6,12,15,24H,7-11H2,(H,23,26)/t15-/m0/s1. The van der Waals surface area contributed by atoms with E-state index in [1.54, 1.807) is 24.3 Å². The van der Waals surface area contributed by atoms with Crippen LogP contribution < -0.4 is 10.1 Å². The molecule has 1 aromatic carbocycles.